The van der Waals surface area contributed by atoms with Gasteiger partial charge < -0.3 is 14.6 Å². The smallest absolute Gasteiger partial charge is 0.378 e. The van der Waals surface area contributed by atoms with Crippen molar-refractivity contribution in [2.75, 3.05) is 0 Å². The lowest BCUT2D eigenvalue weighted by Gasteiger charge is -2.30. The molecule has 1 aromatic carbocycles. The van der Waals surface area contributed by atoms with Gasteiger partial charge in [0.05, 0.1) is 0 Å². The van der Waals surface area contributed by atoms with E-state index >= 15 is 0 Å². The molecule has 28 heavy (non-hydrogen) atoms. The molecular weight excluding hydrogens is 377 g/mol. The molecule has 0 heterocycles. The molecule has 0 radical (unpaired) electrons. The molecular formula is C20H25F3O5. The van der Waals surface area contributed by atoms with Crippen molar-refractivity contribution in [3.8, 4) is 5.75 Å². The molecule has 8 heteroatoms. The molecule has 0 spiro atoms. The SMILES string of the molecule is CCC1(Oc2cc(F)ccc2C(=O)OC(C(C)C)C(F)(F)C(=O)O)CCCC1. The molecule has 1 aromatic rings. The number of halogens is 3. The van der Waals surface area contributed by atoms with Gasteiger partial charge >= 0.3 is 17.9 Å². The van der Waals surface area contributed by atoms with E-state index in [4.69, 9.17) is 14.6 Å². The van der Waals surface area contributed by atoms with Crippen molar-refractivity contribution in [2.24, 2.45) is 5.92 Å². The Balaban J connectivity index is 2.33. The van der Waals surface area contributed by atoms with Gasteiger partial charge in [-0.25, -0.2) is 14.0 Å². The molecule has 1 aliphatic rings. The highest BCUT2D eigenvalue weighted by molar-refractivity contribution is 5.93. The molecule has 0 bridgehead atoms. The van der Waals surface area contributed by atoms with Crippen LogP contribution in [0.1, 0.15) is 63.2 Å². The number of benzene rings is 1. The number of carbonyl (C=O) groups is 2. The average molecular weight is 402 g/mol. The maximum atomic E-state index is 14.0. The largest absolute Gasteiger partial charge is 0.486 e. The Hall–Kier alpha value is -2.25. The first-order valence-corrected chi connectivity index (χ1v) is 9.33. The fourth-order valence-corrected chi connectivity index (χ4v) is 3.46. The highest BCUT2D eigenvalue weighted by Crippen LogP contribution is 2.39. The summed E-state index contributed by atoms with van der Waals surface area (Å²) in [6.07, 6.45) is 1.80. The Labute approximate surface area is 161 Å². The molecule has 0 aliphatic heterocycles. The standard InChI is InChI=1S/C20H25F3O5/c1-4-19(9-5-6-10-19)28-15-11-13(21)7-8-14(15)17(24)27-16(12(2)3)20(22,23)18(25)26/h7-8,11-12,16H,4-6,9-10H2,1-3H3,(H,25,26). The summed E-state index contributed by atoms with van der Waals surface area (Å²) in [5, 5.41) is 8.77. The highest BCUT2D eigenvalue weighted by Gasteiger charge is 2.52. The molecule has 1 saturated carbocycles. The number of alkyl halides is 2. The molecule has 1 atom stereocenters. The van der Waals surface area contributed by atoms with Crippen LogP contribution in [-0.4, -0.2) is 34.7 Å². The Morgan fingerprint density at radius 2 is 1.86 bits per heavy atom. The van der Waals surface area contributed by atoms with Crippen molar-refractivity contribution < 1.29 is 37.3 Å². The third kappa shape index (κ3) is 4.59. The van der Waals surface area contributed by atoms with Crippen LogP contribution in [-0.2, 0) is 9.53 Å². The Morgan fingerprint density at radius 1 is 1.25 bits per heavy atom. The second-order valence-corrected chi connectivity index (χ2v) is 7.48. The number of carbonyl (C=O) groups excluding carboxylic acids is 1. The third-order valence-electron chi connectivity index (χ3n) is 5.13. The van der Waals surface area contributed by atoms with Crippen LogP contribution in [0.2, 0.25) is 0 Å². The van der Waals surface area contributed by atoms with Crippen LogP contribution in [0, 0.1) is 11.7 Å². The van der Waals surface area contributed by atoms with Gasteiger partial charge in [0.15, 0.2) is 6.10 Å². The molecule has 0 amide bonds. The van der Waals surface area contributed by atoms with Crippen LogP contribution >= 0.6 is 0 Å². The monoisotopic (exact) mass is 402 g/mol. The number of ether oxygens (including phenoxy) is 2. The molecule has 1 fully saturated rings. The van der Waals surface area contributed by atoms with Gasteiger partial charge in [0.1, 0.15) is 22.7 Å². The van der Waals surface area contributed by atoms with E-state index in [1.165, 1.54) is 13.8 Å². The average Bonchev–Trinajstić information content (AvgIpc) is 3.08. The highest BCUT2D eigenvalue weighted by atomic mass is 19.3. The summed E-state index contributed by atoms with van der Waals surface area (Å²) in [6.45, 7) is 4.56. The van der Waals surface area contributed by atoms with Crippen molar-refractivity contribution in [3.05, 3.63) is 29.6 Å². The van der Waals surface area contributed by atoms with Crippen molar-refractivity contribution in [2.45, 2.75) is 70.5 Å². The van der Waals surface area contributed by atoms with Crippen molar-refractivity contribution >= 4 is 11.9 Å². The van der Waals surface area contributed by atoms with Crippen molar-refractivity contribution in [1.82, 2.24) is 0 Å². The number of rotatable bonds is 8. The summed E-state index contributed by atoms with van der Waals surface area (Å²) >= 11 is 0. The molecule has 156 valence electrons. The first-order chi connectivity index (χ1) is 13.0. The van der Waals surface area contributed by atoms with E-state index in [1.807, 2.05) is 6.92 Å². The Bertz CT molecular complexity index is 727. The number of aliphatic carboxylic acids is 1. The fourth-order valence-electron chi connectivity index (χ4n) is 3.46. The predicted molar refractivity (Wildman–Crippen MR) is 95.1 cm³/mol. The summed E-state index contributed by atoms with van der Waals surface area (Å²) < 4.78 is 52.6. The second-order valence-electron chi connectivity index (χ2n) is 7.48. The molecule has 1 aliphatic carbocycles. The van der Waals surface area contributed by atoms with E-state index in [0.29, 0.717) is 6.42 Å². The minimum atomic E-state index is -4.26. The summed E-state index contributed by atoms with van der Waals surface area (Å²) in [6, 6.07) is 3.12. The van der Waals surface area contributed by atoms with Gasteiger partial charge in [0.2, 0.25) is 0 Å². The summed E-state index contributed by atoms with van der Waals surface area (Å²) in [4.78, 5) is 23.5. The lowest BCUT2D eigenvalue weighted by atomic mass is 9.98. The number of carboxylic acids is 1. The van der Waals surface area contributed by atoms with Gasteiger partial charge in [-0.1, -0.05) is 20.8 Å². The lowest BCUT2D eigenvalue weighted by molar-refractivity contribution is -0.187. The van der Waals surface area contributed by atoms with Gasteiger partial charge in [0.25, 0.3) is 0 Å². The molecule has 0 saturated heterocycles. The lowest BCUT2D eigenvalue weighted by Crippen LogP contribution is -2.47. The summed E-state index contributed by atoms with van der Waals surface area (Å²) in [5.41, 5.74) is -0.765. The maximum absolute atomic E-state index is 14.0. The summed E-state index contributed by atoms with van der Waals surface area (Å²) in [5.74, 6) is -9.52. The topological polar surface area (TPSA) is 72.8 Å². The van der Waals surface area contributed by atoms with Gasteiger partial charge in [-0.15, -0.1) is 0 Å². The number of hydrogen-bond acceptors (Lipinski definition) is 4. The van der Waals surface area contributed by atoms with Crippen LogP contribution in [0.3, 0.4) is 0 Å². The zero-order valence-electron chi connectivity index (χ0n) is 16.1. The van der Waals surface area contributed by atoms with E-state index in [2.05, 4.69) is 0 Å². The number of hydrogen-bond donors (Lipinski definition) is 1. The van der Waals surface area contributed by atoms with E-state index in [9.17, 15) is 22.8 Å². The van der Waals surface area contributed by atoms with E-state index in [0.717, 1.165) is 43.9 Å². The minimum absolute atomic E-state index is 0.0881. The molecule has 1 N–H and O–H groups in total. The van der Waals surface area contributed by atoms with Crippen LogP contribution in [0.4, 0.5) is 13.2 Å². The normalized spacial score (nSPS) is 17.4. The van der Waals surface area contributed by atoms with Crippen molar-refractivity contribution in [3.63, 3.8) is 0 Å². The van der Waals surface area contributed by atoms with Gasteiger partial charge in [-0.3, -0.25) is 0 Å². The van der Waals surface area contributed by atoms with Crippen LogP contribution in [0.15, 0.2) is 18.2 Å². The van der Waals surface area contributed by atoms with Crippen LogP contribution in [0.25, 0.3) is 0 Å². The minimum Gasteiger partial charge on any atom is -0.486 e. The molecule has 1 unspecified atom stereocenters. The van der Waals surface area contributed by atoms with Crippen LogP contribution in [0.5, 0.6) is 5.75 Å². The molecule has 5 nitrogen and oxygen atoms in total. The van der Waals surface area contributed by atoms with Gasteiger partial charge in [-0.2, -0.15) is 8.78 Å². The van der Waals surface area contributed by atoms with Crippen LogP contribution < -0.4 is 4.74 Å². The van der Waals surface area contributed by atoms with Gasteiger partial charge in [-0.05, 0) is 50.2 Å². The van der Waals surface area contributed by atoms with E-state index in [-0.39, 0.29) is 11.3 Å². The fraction of sp³-hybridized carbons (Fsp3) is 0.600. The van der Waals surface area contributed by atoms with Crippen molar-refractivity contribution in [1.29, 1.82) is 0 Å². The first-order valence-electron chi connectivity index (χ1n) is 9.33. The number of carboxylic acid groups (broad SMARTS) is 1. The second kappa shape index (κ2) is 8.41. The zero-order valence-corrected chi connectivity index (χ0v) is 16.1. The Kier molecular flexibility index (Phi) is 6.62. The Morgan fingerprint density at radius 3 is 2.36 bits per heavy atom. The van der Waals surface area contributed by atoms with Gasteiger partial charge in [0, 0.05) is 6.07 Å². The molecule has 2 rings (SSSR count). The molecule has 0 aromatic heterocycles. The third-order valence-corrected chi connectivity index (χ3v) is 5.13. The van der Waals surface area contributed by atoms with E-state index < -0.39 is 41.3 Å². The number of esters is 1. The quantitative estimate of drug-likeness (QED) is 0.631. The summed E-state index contributed by atoms with van der Waals surface area (Å²) in [7, 11) is 0. The zero-order chi connectivity index (χ0) is 21.1. The first kappa shape index (κ1) is 22.0. The maximum Gasteiger partial charge on any atom is 0.378 e. The van der Waals surface area contributed by atoms with E-state index in [1.54, 1.807) is 0 Å². The predicted octanol–water partition coefficient (Wildman–Crippen LogP) is 4.83.